The van der Waals surface area contributed by atoms with Crippen molar-refractivity contribution in [2.75, 3.05) is 11.1 Å². The lowest BCUT2D eigenvalue weighted by atomic mass is 10.1. The summed E-state index contributed by atoms with van der Waals surface area (Å²) in [5.74, 6) is -1.31. The smallest absolute Gasteiger partial charge is 0.268 e. The van der Waals surface area contributed by atoms with Gasteiger partial charge in [-0.25, -0.2) is 0 Å². The van der Waals surface area contributed by atoms with Gasteiger partial charge in [-0.2, -0.15) is 0 Å². The van der Waals surface area contributed by atoms with Crippen LogP contribution in [0.5, 0.6) is 5.75 Å². The number of halogens is 1. The van der Waals surface area contributed by atoms with Crippen LogP contribution in [0.15, 0.2) is 47.3 Å². The van der Waals surface area contributed by atoms with Crippen molar-refractivity contribution in [3.8, 4) is 5.75 Å². The Morgan fingerprint density at radius 1 is 1.22 bits per heavy atom. The molecule has 138 valence electrons. The first-order valence-corrected chi connectivity index (χ1v) is 9.50. The van der Waals surface area contributed by atoms with E-state index in [0.717, 1.165) is 0 Å². The third-order valence-electron chi connectivity index (χ3n) is 4.20. The number of rotatable bonds is 4. The van der Waals surface area contributed by atoms with Crippen LogP contribution in [0, 0.1) is 0 Å². The number of nitrogens with zero attached hydrogens (tertiary/aromatic N) is 1. The Kier molecular flexibility index (Phi) is 5.17. The maximum atomic E-state index is 12.8. The van der Waals surface area contributed by atoms with Gasteiger partial charge in [0.2, 0.25) is 0 Å². The summed E-state index contributed by atoms with van der Waals surface area (Å²) < 4.78 is 1.72. The second-order valence-electron chi connectivity index (χ2n) is 5.91. The molecule has 0 aliphatic heterocycles. The molecule has 3 rings (SSSR count). The molecule has 4 N–H and O–H groups in total. The summed E-state index contributed by atoms with van der Waals surface area (Å²) in [7, 11) is 0. The lowest BCUT2D eigenvalue weighted by Gasteiger charge is -2.14. The number of nitrogens with one attached hydrogen (secondary N) is 1. The maximum Gasteiger partial charge on any atom is 0.268 e. The number of Topliss-reactive ketones (excluding diaryl/α,β-unsaturated/α-hetero) is 1. The van der Waals surface area contributed by atoms with E-state index in [4.69, 9.17) is 5.73 Å². The summed E-state index contributed by atoms with van der Waals surface area (Å²) in [6.45, 7) is 1.41. The predicted octanol–water partition coefficient (Wildman–Crippen LogP) is 3.14. The highest BCUT2D eigenvalue weighted by Crippen LogP contribution is 2.28. The fourth-order valence-corrected chi connectivity index (χ4v) is 3.47. The largest absolute Gasteiger partial charge is 0.506 e. The van der Waals surface area contributed by atoms with Gasteiger partial charge in [-0.1, -0.05) is 34.7 Å². The molecule has 8 heteroatoms. The summed E-state index contributed by atoms with van der Waals surface area (Å²) in [5, 5.41) is 13.5. The number of amides is 1. The first-order valence-electron chi connectivity index (χ1n) is 7.97. The number of aromatic hydroxyl groups is 1. The Bertz CT molecular complexity index is 1140. The number of pyridine rings is 1. The molecule has 0 radical (unpaired) electrons. The Labute approximate surface area is 167 Å². The number of hydrogen-bond acceptors (Lipinski definition) is 5. The number of alkyl halides is 1. The SMILES string of the molecule is CC(=O)c1ccc(NC(=O)c2c(O)c3ccccc3n(CI)c2=O)c(N)c1. The fourth-order valence-electron chi connectivity index (χ4n) is 2.79. The zero-order valence-corrected chi connectivity index (χ0v) is 16.5. The van der Waals surface area contributed by atoms with E-state index < -0.39 is 11.5 Å². The van der Waals surface area contributed by atoms with Gasteiger partial charge in [-0.3, -0.25) is 19.0 Å². The average molecular weight is 477 g/mol. The molecule has 0 spiro atoms. The number of hydrogen-bond donors (Lipinski definition) is 3. The molecule has 2 aromatic carbocycles. The first kappa shape index (κ1) is 18.9. The summed E-state index contributed by atoms with van der Waals surface area (Å²) in [6.07, 6.45) is 0. The number of nitrogens with two attached hydrogens (primary N) is 1. The van der Waals surface area contributed by atoms with Crippen LogP contribution in [0.1, 0.15) is 27.6 Å². The molecule has 0 fully saturated rings. The van der Waals surface area contributed by atoms with Crippen molar-refractivity contribution in [3.63, 3.8) is 0 Å². The van der Waals surface area contributed by atoms with Gasteiger partial charge in [0.1, 0.15) is 11.3 Å². The summed E-state index contributed by atoms with van der Waals surface area (Å²) >= 11 is 2.02. The van der Waals surface area contributed by atoms with E-state index in [2.05, 4.69) is 5.32 Å². The Hall–Kier alpha value is -2.88. The van der Waals surface area contributed by atoms with E-state index in [0.29, 0.717) is 21.0 Å². The second kappa shape index (κ2) is 7.39. The summed E-state index contributed by atoms with van der Waals surface area (Å²) in [4.78, 5) is 36.9. The fraction of sp³-hybridized carbons (Fsp3) is 0.105. The molecule has 0 saturated heterocycles. The van der Waals surface area contributed by atoms with Crippen LogP contribution in [0.3, 0.4) is 0 Å². The minimum absolute atomic E-state index is 0.156. The van der Waals surface area contributed by atoms with Gasteiger partial charge in [0.05, 0.1) is 21.4 Å². The highest BCUT2D eigenvalue weighted by Gasteiger charge is 2.22. The van der Waals surface area contributed by atoms with Gasteiger partial charge in [0.15, 0.2) is 5.78 Å². The predicted molar refractivity (Wildman–Crippen MR) is 113 cm³/mol. The highest BCUT2D eigenvalue weighted by atomic mass is 127. The van der Waals surface area contributed by atoms with Crippen LogP contribution < -0.4 is 16.6 Å². The van der Waals surface area contributed by atoms with Gasteiger partial charge >= 0.3 is 0 Å². The van der Waals surface area contributed by atoms with E-state index >= 15 is 0 Å². The van der Waals surface area contributed by atoms with E-state index in [1.165, 1.54) is 29.7 Å². The van der Waals surface area contributed by atoms with Gasteiger partial charge in [0, 0.05) is 10.9 Å². The topological polar surface area (TPSA) is 114 Å². The Morgan fingerprint density at radius 3 is 2.56 bits per heavy atom. The van der Waals surface area contributed by atoms with E-state index in [9.17, 15) is 19.5 Å². The average Bonchev–Trinajstić information content (AvgIpc) is 2.63. The van der Waals surface area contributed by atoms with Crippen LogP contribution in [0.25, 0.3) is 10.9 Å². The Balaban J connectivity index is 2.09. The standard InChI is InChI=1S/C19H16IN3O4/c1-10(24)11-6-7-14(13(21)8-11)22-18(26)16-17(25)12-4-2-3-5-15(12)23(9-20)19(16)27/h2-8,25H,9,21H2,1H3,(H,22,26). The third-order valence-corrected chi connectivity index (χ3v) is 4.88. The lowest BCUT2D eigenvalue weighted by Crippen LogP contribution is -2.29. The molecule has 0 aliphatic rings. The van der Waals surface area contributed by atoms with Crippen molar-refractivity contribution in [1.29, 1.82) is 0 Å². The van der Waals surface area contributed by atoms with Gasteiger partial charge in [-0.05, 0) is 37.3 Å². The molecule has 0 bridgehead atoms. The molecule has 0 saturated carbocycles. The maximum absolute atomic E-state index is 12.8. The van der Waals surface area contributed by atoms with Crippen LogP contribution in [0.4, 0.5) is 11.4 Å². The van der Waals surface area contributed by atoms with Crippen molar-refractivity contribution in [1.82, 2.24) is 4.57 Å². The number of carbonyl (C=O) groups excluding carboxylic acids is 2. The minimum atomic E-state index is -0.774. The van der Waals surface area contributed by atoms with Gasteiger partial charge in [-0.15, -0.1) is 0 Å². The zero-order valence-electron chi connectivity index (χ0n) is 14.3. The van der Waals surface area contributed by atoms with E-state index in [-0.39, 0.29) is 28.5 Å². The van der Waals surface area contributed by atoms with Gasteiger partial charge in [0.25, 0.3) is 11.5 Å². The van der Waals surface area contributed by atoms with Crippen LogP contribution >= 0.6 is 22.6 Å². The monoisotopic (exact) mass is 477 g/mol. The van der Waals surface area contributed by atoms with Crippen molar-refractivity contribution < 1.29 is 14.7 Å². The molecule has 0 unspecified atom stereocenters. The molecule has 3 aromatic rings. The quantitative estimate of drug-likeness (QED) is 0.231. The number of fused-ring (bicyclic) bond motifs is 1. The summed E-state index contributed by atoms with van der Waals surface area (Å²) in [6, 6.07) is 11.3. The van der Waals surface area contributed by atoms with Crippen LogP contribution in [-0.2, 0) is 4.55 Å². The molecule has 27 heavy (non-hydrogen) atoms. The molecule has 7 nitrogen and oxygen atoms in total. The molecular weight excluding hydrogens is 461 g/mol. The number of benzene rings is 2. The minimum Gasteiger partial charge on any atom is -0.506 e. The van der Waals surface area contributed by atoms with Crippen molar-refractivity contribution >= 4 is 56.6 Å². The number of aromatic nitrogens is 1. The second-order valence-corrected chi connectivity index (χ2v) is 6.59. The molecule has 0 atom stereocenters. The molecule has 1 amide bonds. The van der Waals surface area contributed by atoms with Crippen LogP contribution in [-0.4, -0.2) is 21.4 Å². The number of anilines is 2. The third kappa shape index (κ3) is 3.39. The zero-order chi connectivity index (χ0) is 19.7. The first-order chi connectivity index (χ1) is 12.8. The van der Waals surface area contributed by atoms with Crippen molar-refractivity contribution in [2.45, 2.75) is 11.5 Å². The number of nitrogen functional groups attached to an aromatic ring is 1. The molecule has 0 aliphatic carbocycles. The van der Waals surface area contributed by atoms with Crippen molar-refractivity contribution in [2.24, 2.45) is 0 Å². The number of ketones is 1. The van der Waals surface area contributed by atoms with Crippen LogP contribution in [0.2, 0.25) is 0 Å². The normalized spacial score (nSPS) is 10.7. The molecule has 1 aromatic heterocycles. The number of carbonyl (C=O) groups is 2. The molecular formula is C19H16IN3O4. The lowest BCUT2D eigenvalue weighted by molar-refractivity contribution is 0.101. The van der Waals surface area contributed by atoms with E-state index in [1.54, 1.807) is 24.3 Å². The summed E-state index contributed by atoms with van der Waals surface area (Å²) in [5.41, 5.74) is 6.31. The number of para-hydroxylation sites is 1. The van der Waals surface area contributed by atoms with Gasteiger partial charge < -0.3 is 16.2 Å². The Morgan fingerprint density at radius 2 is 1.93 bits per heavy atom. The highest BCUT2D eigenvalue weighted by molar-refractivity contribution is 14.1. The van der Waals surface area contributed by atoms with Crippen molar-refractivity contribution in [3.05, 3.63) is 63.9 Å². The molecule has 1 heterocycles. The van der Waals surface area contributed by atoms with E-state index in [1.807, 2.05) is 22.6 Å².